The second-order valence-electron chi connectivity index (χ2n) is 14.4. The summed E-state index contributed by atoms with van der Waals surface area (Å²) in [6, 6.07) is 26.1. The number of benzene rings is 3. The van der Waals surface area contributed by atoms with Crippen LogP contribution in [-0.4, -0.2) is 19.9 Å². The van der Waals surface area contributed by atoms with Crippen LogP contribution in [0.4, 0.5) is 0 Å². The molecule has 0 fully saturated rings. The molecule has 0 saturated heterocycles. The minimum Gasteiger partial charge on any atom is -0.231 e. The zero-order valence-electron chi connectivity index (χ0n) is 26.9. The Balaban J connectivity index is 1.78. The van der Waals surface area contributed by atoms with Gasteiger partial charge in [-0.3, -0.25) is 0 Å². The number of fused-ring (bicyclic) bond motifs is 1. The van der Waals surface area contributed by atoms with E-state index in [4.69, 9.17) is 19.9 Å². The van der Waals surface area contributed by atoms with Crippen LogP contribution in [0.3, 0.4) is 0 Å². The Bertz CT molecular complexity index is 1710. The molecule has 4 heteroatoms. The average Bonchev–Trinajstić information content (AvgIpc) is 2.95. The van der Waals surface area contributed by atoms with E-state index in [1.165, 1.54) is 16.7 Å². The number of aryl methyl sites for hydroxylation is 1. The first-order valence-corrected chi connectivity index (χ1v) is 15.1. The second kappa shape index (κ2) is 10.7. The highest BCUT2D eigenvalue weighted by atomic mass is 15.0. The second-order valence-corrected chi connectivity index (χ2v) is 14.4. The van der Waals surface area contributed by atoms with Crippen molar-refractivity contribution in [3.8, 4) is 33.9 Å². The zero-order valence-corrected chi connectivity index (χ0v) is 26.9. The van der Waals surface area contributed by atoms with Gasteiger partial charge in [0.05, 0.1) is 0 Å². The predicted octanol–water partition coefficient (Wildman–Crippen LogP) is 9.88. The fourth-order valence-corrected chi connectivity index (χ4v) is 5.13. The van der Waals surface area contributed by atoms with Crippen LogP contribution in [0.5, 0.6) is 0 Å². The SMILES string of the molecule is CCc1nc(-c2ccc(C(C)(C)C)cc2)c2nc(-c3ccc(C(C)(C)C)cc3)nc(-c3ccc(C(C)(C)C)cc3)c2n1. The van der Waals surface area contributed by atoms with Crippen molar-refractivity contribution in [2.75, 3.05) is 0 Å². The van der Waals surface area contributed by atoms with Gasteiger partial charge in [-0.15, -0.1) is 0 Å². The van der Waals surface area contributed by atoms with Gasteiger partial charge in [0, 0.05) is 23.1 Å². The van der Waals surface area contributed by atoms with Crippen molar-refractivity contribution >= 4 is 11.0 Å². The Morgan fingerprint density at radius 3 is 1.17 bits per heavy atom. The highest BCUT2D eigenvalue weighted by molar-refractivity contribution is 5.97. The van der Waals surface area contributed by atoms with E-state index in [9.17, 15) is 0 Å². The summed E-state index contributed by atoms with van der Waals surface area (Å²) < 4.78 is 0. The normalized spacial score (nSPS) is 12.6. The van der Waals surface area contributed by atoms with E-state index in [0.717, 1.165) is 51.4 Å². The molecule has 2 heterocycles. The lowest BCUT2D eigenvalue weighted by Gasteiger charge is -2.20. The number of hydrogen-bond donors (Lipinski definition) is 0. The lowest BCUT2D eigenvalue weighted by atomic mass is 9.86. The van der Waals surface area contributed by atoms with Gasteiger partial charge in [-0.2, -0.15) is 0 Å². The van der Waals surface area contributed by atoms with Gasteiger partial charge in [-0.25, -0.2) is 19.9 Å². The molecule has 216 valence electrons. The first kappa shape index (κ1) is 29.6. The Morgan fingerprint density at radius 1 is 0.429 bits per heavy atom. The van der Waals surface area contributed by atoms with Crippen molar-refractivity contribution in [1.82, 2.24) is 19.9 Å². The van der Waals surface area contributed by atoms with Gasteiger partial charge in [-0.05, 0) is 32.9 Å². The number of rotatable bonds is 4. The van der Waals surface area contributed by atoms with Gasteiger partial charge in [0.2, 0.25) is 0 Å². The molecule has 0 unspecified atom stereocenters. The van der Waals surface area contributed by atoms with Crippen LogP contribution in [0.1, 0.15) is 91.8 Å². The molecule has 0 aliphatic rings. The molecule has 0 spiro atoms. The Morgan fingerprint density at radius 2 is 0.786 bits per heavy atom. The summed E-state index contributed by atoms with van der Waals surface area (Å²) in [7, 11) is 0. The van der Waals surface area contributed by atoms with Gasteiger partial charge in [0.1, 0.15) is 28.2 Å². The molecule has 3 aromatic carbocycles. The molecule has 0 radical (unpaired) electrons. The average molecular weight is 557 g/mol. The smallest absolute Gasteiger partial charge is 0.160 e. The summed E-state index contributed by atoms with van der Waals surface area (Å²) >= 11 is 0. The minimum atomic E-state index is 0.0656. The minimum absolute atomic E-state index is 0.0656. The molecule has 5 aromatic rings. The van der Waals surface area contributed by atoms with Gasteiger partial charge >= 0.3 is 0 Å². The van der Waals surface area contributed by atoms with E-state index in [1.807, 2.05) is 0 Å². The maximum Gasteiger partial charge on any atom is 0.160 e. The van der Waals surface area contributed by atoms with Crippen LogP contribution in [-0.2, 0) is 22.7 Å². The summed E-state index contributed by atoms with van der Waals surface area (Å²) in [6.07, 6.45) is 0.724. The lowest BCUT2D eigenvalue weighted by Crippen LogP contribution is -2.11. The van der Waals surface area contributed by atoms with Crippen LogP contribution in [0.2, 0.25) is 0 Å². The van der Waals surface area contributed by atoms with Crippen molar-refractivity contribution in [2.24, 2.45) is 0 Å². The third kappa shape index (κ3) is 5.99. The van der Waals surface area contributed by atoms with Crippen molar-refractivity contribution in [3.63, 3.8) is 0 Å². The number of nitrogens with zero attached hydrogens (tertiary/aromatic N) is 4. The quantitative estimate of drug-likeness (QED) is 0.221. The predicted molar refractivity (Wildman–Crippen MR) is 177 cm³/mol. The Kier molecular flexibility index (Phi) is 7.55. The van der Waals surface area contributed by atoms with Crippen molar-refractivity contribution in [1.29, 1.82) is 0 Å². The maximum absolute atomic E-state index is 5.18. The molecule has 0 aliphatic carbocycles. The zero-order chi connectivity index (χ0) is 30.4. The molecule has 0 saturated carbocycles. The molecule has 0 aliphatic heterocycles. The van der Waals surface area contributed by atoms with Crippen molar-refractivity contribution in [2.45, 2.75) is 91.9 Å². The standard InChI is InChI=1S/C38H44N4/c1-11-30-39-31(24-12-18-27(19-13-24)36(2,3)4)34-33(40-30)32(25-14-20-28(21-15-25)37(5,6)7)41-35(42-34)26-16-22-29(23-17-26)38(8,9)10/h12-23H,11H2,1-10H3. The van der Waals surface area contributed by atoms with E-state index in [0.29, 0.717) is 5.82 Å². The summed E-state index contributed by atoms with van der Waals surface area (Å²) in [5, 5.41) is 0. The summed E-state index contributed by atoms with van der Waals surface area (Å²) in [4.78, 5) is 20.4. The van der Waals surface area contributed by atoms with Gasteiger partial charge in [0.25, 0.3) is 0 Å². The van der Waals surface area contributed by atoms with Crippen LogP contribution in [0.15, 0.2) is 72.8 Å². The number of aromatic nitrogens is 4. The third-order valence-corrected chi connectivity index (χ3v) is 7.96. The molecule has 2 aromatic heterocycles. The maximum atomic E-state index is 5.18. The van der Waals surface area contributed by atoms with E-state index in [-0.39, 0.29) is 16.2 Å². The monoisotopic (exact) mass is 556 g/mol. The lowest BCUT2D eigenvalue weighted by molar-refractivity contribution is 0.590. The number of hydrogen-bond acceptors (Lipinski definition) is 4. The summed E-state index contributed by atoms with van der Waals surface area (Å²) in [5.41, 5.74) is 10.3. The van der Waals surface area contributed by atoms with Crippen LogP contribution < -0.4 is 0 Å². The molecular weight excluding hydrogens is 512 g/mol. The molecule has 5 rings (SSSR count). The van der Waals surface area contributed by atoms with Gasteiger partial charge in [-0.1, -0.05) is 142 Å². The van der Waals surface area contributed by atoms with E-state index in [1.54, 1.807) is 0 Å². The highest BCUT2D eigenvalue weighted by Crippen LogP contribution is 2.35. The van der Waals surface area contributed by atoms with Crippen LogP contribution >= 0.6 is 0 Å². The first-order chi connectivity index (χ1) is 19.6. The van der Waals surface area contributed by atoms with Gasteiger partial charge < -0.3 is 0 Å². The van der Waals surface area contributed by atoms with Gasteiger partial charge in [0.15, 0.2) is 5.82 Å². The molecule has 0 amide bonds. The summed E-state index contributed by atoms with van der Waals surface area (Å²) in [6.45, 7) is 22.2. The fraction of sp³-hybridized carbons (Fsp3) is 0.368. The molecular formula is C38H44N4. The molecule has 0 bridgehead atoms. The Labute approximate surface area is 251 Å². The molecule has 42 heavy (non-hydrogen) atoms. The molecule has 4 nitrogen and oxygen atoms in total. The van der Waals surface area contributed by atoms with E-state index in [2.05, 4.69) is 142 Å². The topological polar surface area (TPSA) is 51.6 Å². The van der Waals surface area contributed by atoms with Crippen molar-refractivity contribution in [3.05, 3.63) is 95.3 Å². The fourth-order valence-electron chi connectivity index (χ4n) is 5.13. The molecule has 0 N–H and O–H groups in total. The van der Waals surface area contributed by atoms with Crippen LogP contribution in [0.25, 0.3) is 44.9 Å². The van der Waals surface area contributed by atoms with Crippen LogP contribution in [0, 0.1) is 0 Å². The largest absolute Gasteiger partial charge is 0.231 e. The Hall–Kier alpha value is -3.92. The van der Waals surface area contributed by atoms with Crippen molar-refractivity contribution < 1.29 is 0 Å². The highest BCUT2D eigenvalue weighted by Gasteiger charge is 2.21. The molecule has 0 atom stereocenters. The van der Waals surface area contributed by atoms with E-state index >= 15 is 0 Å². The first-order valence-electron chi connectivity index (χ1n) is 15.1. The van der Waals surface area contributed by atoms with E-state index < -0.39 is 0 Å². The summed E-state index contributed by atoms with van der Waals surface area (Å²) in [5.74, 6) is 1.47. The third-order valence-electron chi connectivity index (χ3n) is 7.96.